The van der Waals surface area contributed by atoms with Crippen LogP contribution in [0.1, 0.15) is 6.42 Å². The van der Waals surface area contributed by atoms with E-state index in [2.05, 4.69) is 0 Å². The Morgan fingerprint density at radius 1 is 1.38 bits per heavy atom. The summed E-state index contributed by atoms with van der Waals surface area (Å²) < 4.78 is 33.6. The zero-order chi connectivity index (χ0) is 15.5. The number of carbonyl (C=O) groups is 1. The van der Waals surface area contributed by atoms with E-state index in [0.717, 1.165) is 0 Å². The Bertz CT molecular complexity index is 610. The van der Waals surface area contributed by atoms with E-state index < -0.39 is 27.6 Å². The van der Waals surface area contributed by atoms with Crippen molar-refractivity contribution in [3.8, 4) is 11.5 Å². The summed E-state index contributed by atoms with van der Waals surface area (Å²) in [6.45, 7) is -0.0735. The van der Waals surface area contributed by atoms with Gasteiger partial charge in [-0.15, -0.1) is 0 Å². The minimum Gasteiger partial charge on any atom is -0.493 e. The van der Waals surface area contributed by atoms with Gasteiger partial charge in [-0.25, -0.2) is 8.42 Å². The van der Waals surface area contributed by atoms with Gasteiger partial charge in [-0.2, -0.15) is 0 Å². The maximum absolute atomic E-state index is 11.5. The number of sulfone groups is 1. The predicted octanol–water partition coefficient (Wildman–Crippen LogP) is 1.21. The molecule has 1 N–H and O–H groups in total. The van der Waals surface area contributed by atoms with Gasteiger partial charge in [0.25, 0.3) is 0 Å². The molecule has 0 bridgehead atoms. The number of hydrogen-bond acceptors (Lipinski definition) is 5. The number of methoxy groups -OCH3 is 1. The van der Waals surface area contributed by atoms with Gasteiger partial charge >= 0.3 is 5.97 Å². The van der Waals surface area contributed by atoms with Gasteiger partial charge < -0.3 is 14.6 Å². The minimum atomic E-state index is -3.11. The summed E-state index contributed by atoms with van der Waals surface area (Å²) in [5.74, 6) is -1.34. The molecule has 2 unspecified atom stereocenters. The second kappa shape index (κ2) is 6.34. The fourth-order valence-electron chi connectivity index (χ4n) is 2.47. The molecule has 1 heterocycles. The van der Waals surface area contributed by atoms with E-state index in [4.69, 9.17) is 9.47 Å². The zero-order valence-corrected chi connectivity index (χ0v) is 12.5. The predicted molar refractivity (Wildman–Crippen MR) is 76.4 cm³/mol. The summed E-state index contributed by atoms with van der Waals surface area (Å²) in [6.07, 6.45) is 0.370. The molecular formula is C14H18O6S. The lowest BCUT2D eigenvalue weighted by Crippen LogP contribution is -2.30. The highest BCUT2D eigenvalue weighted by molar-refractivity contribution is 7.91. The van der Waals surface area contributed by atoms with E-state index in [1.54, 1.807) is 24.3 Å². The van der Waals surface area contributed by atoms with E-state index in [1.807, 2.05) is 0 Å². The number of ether oxygens (including phenoxy) is 2. The first-order chi connectivity index (χ1) is 9.93. The van der Waals surface area contributed by atoms with Gasteiger partial charge in [0, 0.05) is 0 Å². The molecule has 1 aliphatic heterocycles. The van der Waals surface area contributed by atoms with Crippen LogP contribution in [0.3, 0.4) is 0 Å². The van der Waals surface area contributed by atoms with Crippen molar-refractivity contribution in [3.63, 3.8) is 0 Å². The lowest BCUT2D eigenvalue weighted by molar-refractivity contribution is -0.144. The van der Waals surface area contributed by atoms with Crippen molar-refractivity contribution in [2.24, 2.45) is 11.8 Å². The van der Waals surface area contributed by atoms with Gasteiger partial charge in [0.05, 0.1) is 24.5 Å². The van der Waals surface area contributed by atoms with Crippen LogP contribution in [-0.2, 0) is 14.6 Å². The average Bonchev–Trinajstić information content (AvgIpc) is 2.79. The first-order valence-corrected chi connectivity index (χ1v) is 8.44. The Hall–Kier alpha value is -1.76. The molecule has 0 aromatic heterocycles. The van der Waals surface area contributed by atoms with Crippen molar-refractivity contribution in [3.05, 3.63) is 24.3 Å². The topological polar surface area (TPSA) is 89.9 Å². The van der Waals surface area contributed by atoms with Crippen LogP contribution in [0.4, 0.5) is 0 Å². The summed E-state index contributed by atoms with van der Waals surface area (Å²) in [5, 5.41) is 9.30. The SMILES string of the molecule is COc1ccccc1OCC(C(=O)O)C1CCS(=O)(=O)C1. The molecule has 0 saturated carbocycles. The number of benzene rings is 1. The molecule has 1 aromatic carbocycles. The van der Waals surface area contributed by atoms with Crippen molar-refractivity contribution >= 4 is 15.8 Å². The highest BCUT2D eigenvalue weighted by Gasteiger charge is 2.37. The highest BCUT2D eigenvalue weighted by atomic mass is 32.2. The number of aliphatic carboxylic acids is 1. The lowest BCUT2D eigenvalue weighted by Gasteiger charge is -2.19. The van der Waals surface area contributed by atoms with Gasteiger partial charge in [-0.05, 0) is 24.5 Å². The third kappa shape index (κ3) is 3.87. The van der Waals surface area contributed by atoms with E-state index in [1.165, 1.54) is 7.11 Å². The lowest BCUT2D eigenvalue weighted by atomic mass is 9.93. The maximum Gasteiger partial charge on any atom is 0.310 e. The third-order valence-electron chi connectivity index (χ3n) is 3.64. The van der Waals surface area contributed by atoms with Crippen LogP contribution in [0.2, 0.25) is 0 Å². The molecule has 0 radical (unpaired) electrons. The van der Waals surface area contributed by atoms with Crippen molar-refractivity contribution in [1.29, 1.82) is 0 Å². The van der Waals surface area contributed by atoms with Crippen LogP contribution in [-0.4, -0.2) is 44.7 Å². The van der Waals surface area contributed by atoms with Crippen molar-refractivity contribution in [2.75, 3.05) is 25.2 Å². The molecule has 0 spiro atoms. The highest BCUT2D eigenvalue weighted by Crippen LogP contribution is 2.30. The third-order valence-corrected chi connectivity index (χ3v) is 5.44. The number of carboxylic acid groups (broad SMARTS) is 1. The molecule has 21 heavy (non-hydrogen) atoms. The quantitative estimate of drug-likeness (QED) is 0.849. The Kier molecular flexibility index (Phi) is 4.72. The summed E-state index contributed by atoms with van der Waals surface area (Å²) in [5.41, 5.74) is 0. The number of hydrogen-bond donors (Lipinski definition) is 1. The molecule has 6 nitrogen and oxygen atoms in total. The molecule has 2 atom stereocenters. The summed E-state index contributed by atoms with van der Waals surface area (Å²) in [4.78, 5) is 11.4. The minimum absolute atomic E-state index is 0.0517. The normalized spacial score (nSPS) is 21.7. The summed E-state index contributed by atoms with van der Waals surface area (Å²) >= 11 is 0. The second-order valence-electron chi connectivity index (χ2n) is 5.07. The molecule has 0 amide bonds. The van der Waals surface area contributed by atoms with Gasteiger partial charge in [-0.3, -0.25) is 4.79 Å². The van der Waals surface area contributed by atoms with E-state index in [0.29, 0.717) is 17.9 Å². The average molecular weight is 314 g/mol. The van der Waals surface area contributed by atoms with Crippen molar-refractivity contribution in [1.82, 2.24) is 0 Å². The Balaban J connectivity index is 2.06. The Morgan fingerprint density at radius 3 is 2.57 bits per heavy atom. The molecule has 1 fully saturated rings. The summed E-state index contributed by atoms with van der Waals surface area (Å²) in [7, 11) is -1.61. The Labute approximate surface area is 123 Å². The Morgan fingerprint density at radius 2 is 2.05 bits per heavy atom. The van der Waals surface area contributed by atoms with Gasteiger partial charge in [-0.1, -0.05) is 12.1 Å². The number of carboxylic acids is 1. The fraction of sp³-hybridized carbons (Fsp3) is 0.500. The number of para-hydroxylation sites is 2. The maximum atomic E-state index is 11.5. The summed E-state index contributed by atoms with van der Waals surface area (Å²) in [6, 6.07) is 6.94. The first-order valence-electron chi connectivity index (χ1n) is 6.62. The van der Waals surface area contributed by atoms with Crippen LogP contribution in [0.5, 0.6) is 11.5 Å². The molecule has 116 valence electrons. The fourth-order valence-corrected chi connectivity index (χ4v) is 4.35. The van der Waals surface area contributed by atoms with Crippen LogP contribution < -0.4 is 9.47 Å². The van der Waals surface area contributed by atoms with E-state index >= 15 is 0 Å². The van der Waals surface area contributed by atoms with Gasteiger partial charge in [0.2, 0.25) is 0 Å². The standard InChI is InChI=1S/C14H18O6S/c1-19-12-4-2-3-5-13(12)20-8-11(14(15)16)10-6-7-21(17,18)9-10/h2-5,10-11H,6-9H2,1H3,(H,15,16). The van der Waals surface area contributed by atoms with Crippen LogP contribution in [0.15, 0.2) is 24.3 Å². The molecular weight excluding hydrogens is 296 g/mol. The molecule has 2 rings (SSSR count). The molecule has 7 heteroatoms. The monoisotopic (exact) mass is 314 g/mol. The van der Waals surface area contributed by atoms with E-state index in [-0.39, 0.29) is 18.1 Å². The molecule has 1 saturated heterocycles. The second-order valence-corrected chi connectivity index (χ2v) is 7.30. The van der Waals surface area contributed by atoms with Gasteiger partial charge in [0.15, 0.2) is 21.3 Å². The van der Waals surface area contributed by atoms with E-state index in [9.17, 15) is 18.3 Å². The largest absolute Gasteiger partial charge is 0.493 e. The van der Waals surface area contributed by atoms with Crippen LogP contribution in [0, 0.1) is 11.8 Å². The molecule has 1 aliphatic rings. The van der Waals surface area contributed by atoms with Crippen LogP contribution in [0.25, 0.3) is 0 Å². The van der Waals surface area contributed by atoms with Crippen LogP contribution >= 0.6 is 0 Å². The smallest absolute Gasteiger partial charge is 0.310 e. The number of rotatable bonds is 6. The van der Waals surface area contributed by atoms with Crippen molar-refractivity contribution in [2.45, 2.75) is 6.42 Å². The first kappa shape index (κ1) is 15.6. The molecule has 0 aliphatic carbocycles. The van der Waals surface area contributed by atoms with Crippen molar-refractivity contribution < 1.29 is 27.8 Å². The zero-order valence-electron chi connectivity index (χ0n) is 11.7. The van der Waals surface area contributed by atoms with Gasteiger partial charge in [0.1, 0.15) is 6.61 Å². The molecule has 1 aromatic rings.